The number of hydrogen-bond acceptors (Lipinski definition) is 4. The molecule has 1 aliphatic rings. The molecule has 0 unspecified atom stereocenters. The smallest absolute Gasteiger partial charge is 0.0811 e. The van der Waals surface area contributed by atoms with Gasteiger partial charge in [0.2, 0.25) is 0 Å². The molecule has 118 valence electrons. The van der Waals surface area contributed by atoms with Crippen LogP contribution >= 0.6 is 0 Å². The standard InChI is InChI=1S/C18H21N5/c1-13-11-23(9-8-19-13)12-14-2-4-15(5-3-14)18-16-10-21-22-17(16)6-7-20-18/h2-7,10,13,19H,8-9,11-12H2,1H3,(H,21,22)/t13-/m1/s1. The summed E-state index contributed by atoms with van der Waals surface area (Å²) in [5.41, 5.74) is 4.49. The molecule has 0 bridgehead atoms. The molecule has 2 aromatic heterocycles. The molecular formula is C18H21N5. The number of nitrogens with one attached hydrogen (secondary N) is 2. The Morgan fingerprint density at radius 3 is 2.91 bits per heavy atom. The van der Waals surface area contributed by atoms with E-state index in [0.29, 0.717) is 6.04 Å². The number of nitrogens with zero attached hydrogens (tertiary/aromatic N) is 3. The van der Waals surface area contributed by atoms with Gasteiger partial charge in [0.1, 0.15) is 0 Å². The normalized spacial score (nSPS) is 19.3. The van der Waals surface area contributed by atoms with E-state index >= 15 is 0 Å². The van der Waals surface area contributed by atoms with E-state index in [1.165, 1.54) is 5.56 Å². The van der Waals surface area contributed by atoms with Crippen LogP contribution in [0, 0.1) is 0 Å². The Kier molecular flexibility index (Phi) is 3.81. The third kappa shape index (κ3) is 2.98. The van der Waals surface area contributed by atoms with Crippen LogP contribution in [0.15, 0.2) is 42.7 Å². The Bertz CT molecular complexity index is 793. The Hall–Kier alpha value is -2.24. The molecule has 2 N–H and O–H groups in total. The molecular weight excluding hydrogens is 286 g/mol. The molecule has 1 atom stereocenters. The van der Waals surface area contributed by atoms with Gasteiger partial charge in [-0.25, -0.2) is 0 Å². The maximum absolute atomic E-state index is 4.53. The molecule has 1 fully saturated rings. The number of piperazine rings is 1. The van der Waals surface area contributed by atoms with Gasteiger partial charge < -0.3 is 5.32 Å². The van der Waals surface area contributed by atoms with Gasteiger partial charge in [-0.3, -0.25) is 15.0 Å². The number of aromatic nitrogens is 3. The lowest BCUT2D eigenvalue weighted by molar-refractivity contribution is 0.199. The van der Waals surface area contributed by atoms with Gasteiger partial charge in [-0.05, 0) is 18.6 Å². The largest absolute Gasteiger partial charge is 0.312 e. The van der Waals surface area contributed by atoms with E-state index in [1.807, 2.05) is 18.5 Å². The highest BCUT2D eigenvalue weighted by Gasteiger charge is 2.15. The van der Waals surface area contributed by atoms with E-state index in [0.717, 1.165) is 48.3 Å². The first kappa shape index (κ1) is 14.4. The summed E-state index contributed by atoms with van der Waals surface area (Å²) in [6, 6.07) is 11.3. The van der Waals surface area contributed by atoms with Gasteiger partial charge in [-0.15, -0.1) is 0 Å². The maximum atomic E-state index is 4.53. The summed E-state index contributed by atoms with van der Waals surface area (Å²) >= 11 is 0. The van der Waals surface area contributed by atoms with Crippen LogP contribution in [0.5, 0.6) is 0 Å². The van der Waals surface area contributed by atoms with Crippen LogP contribution < -0.4 is 5.32 Å². The SMILES string of the molecule is C[C@@H]1CN(Cc2ccc(-c3nccc4[nH]ncc34)cc2)CCN1. The number of H-pyrrole nitrogens is 1. The number of aromatic amines is 1. The summed E-state index contributed by atoms with van der Waals surface area (Å²) in [6.07, 6.45) is 3.67. The van der Waals surface area contributed by atoms with Crippen molar-refractivity contribution in [2.75, 3.05) is 19.6 Å². The van der Waals surface area contributed by atoms with Gasteiger partial charge >= 0.3 is 0 Å². The van der Waals surface area contributed by atoms with Gasteiger partial charge in [0.15, 0.2) is 0 Å². The van der Waals surface area contributed by atoms with Crippen molar-refractivity contribution in [1.29, 1.82) is 0 Å². The monoisotopic (exact) mass is 307 g/mol. The molecule has 3 heterocycles. The summed E-state index contributed by atoms with van der Waals surface area (Å²) in [4.78, 5) is 7.03. The highest BCUT2D eigenvalue weighted by atomic mass is 15.2. The molecule has 3 aromatic rings. The summed E-state index contributed by atoms with van der Waals surface area (Å²) in [6.45, 7) is 6.55. The predicted octanol–water partition coefficient (Wildman–Crippen LogP) is 2.42. The quantitative estimate of drug-likeness (QED) is 0.780. The molecule has 1 saturated heterocycles. The molecule has 0 aliphatic carbocycles. The van der Waals surface area contributed by atoms with Crippen molar-refractivity contribution < 1.29 is 0 Å². The summed E-state index contributed by atoms with van der Waals surface area (Å²) in [7, 11) is 0. The average molecular weight is 307 g/mol. The van der Waals surface area contributed by atoms with Crippen molar-refractivity contribution in [3.05, 3.63) is 48.3 Å². The van der Waals surface area contributed by atoms with Crippen molar-refractivity contribution >= 4 is 10.9 Å². The molecule has 23 heavy (non-hydrogen) atoms. The van der Waals surface area contributed by atoms with Crippen LogP contribution in [0.1, 0.15) is 12.5 Å². The van der Waals surface area contributed by atoms with Crippen molar-refractivity contribution in [2.24, 2.45) is 0 Å². The summed E-state index contributed by atoms with van der Waals surface area (Å²) < 4.78 is 0. The molecule has 4 rings (SSSR count). The summed E-state index contributed by atoms with van der Waals surface area (Å²) in [5, 5.41) is 11.7. The fourth-order valence-electron chi connectivity index (χ4n) is 3.28. The van der Waals surface area contributed by atoms with Crippen molar-refractivity contribution in [3.63, 3.8) is 0 Å². The average Bonchev–Trinajstić information content (AvgIpc) is 3.04. The zero-order valence-electron chi connectivity index (χ0n) is 13.3. The third-order valence-electron chi connectivity index (χ3n) is 4.46. The lowest BCUT2D eigenvalue weighted by Crippen LogP contribution is -2.48. The first-order valence-corrected chi connectivity index (χ1v) is 8.13. The predicted molar refractivity (Wildman–Crippen MR) is 92.1 cm³/mol. The van der Waals surface area contributed by atoms with Gasteiger partial charge in [-0.2, -0.15) is 5.10 Å². The van der Waals surface area contributed by atoms with Crippen molar-refractivity contribution in [3.8, 4) is 11.3 Å². The van der Waals surface area contributed by atoms with Crippen LogP contribution in [0.2, 0.25) is 0 Å². The fraction of sp³-hybridized carbons (Fsp3) is 0.333. The van der Waals surface area contributed by atoms with Crippen LogP contribution in [-0.2, 0) is 6.54 Å². The first-order chi connectivity index (χ1) is 11.3. The van der Waals surface area contributed by atoms with Crippen LogP contribution in [0.3, 0.4) is 0 Å². The number of fused-ring (bicyclic) bond motifs is 1. The van der Waals surface area contributed by atoms with E-state index in [9.17, 15) is 0 Å². The number of pyridine rings is 1. The van der Waals surface area contributed by atoms with Crippen molar-refractivity contribution in [2.45, 2.75) is 19.5 Å². The highest BCUT2D eigenvalue weighted by molar-refractivity contribution is 5.91. The molecule has 0 amide bonds. The van der Waals surface area contributed by atoms with Gasteiger partial charge in [0.05, 0.1) is 17.4 Å². The highest BCUT2D eigenvalue weighted by Crippen LogP contribution is 2.25. The van der Waals surface area contributed by atoms with E-state index in [-0.39, 0.29) is 0 Å². The number of benzene rings is 1. The zero-order chi connectivity index (χ0) is 15.6. The lowest BCUT2D eigenvalue weighted by Gasteiger charge is -2.31. The number of hydrogen-bond donors (Lipinski definition) is 2. The van der Waals surface area contributed by atoms with Gasteiger partial charge in [0, 0.05) is 49.4 Å². The Morgan fingerprint density at radius 2 is 2.09 bits per heavy atom. The second kappa shape index (κ2) is 6.10. The maximum Gasteiger partial charge on any atom is 0.0811 e. The molecule has 1 aromatic carbocycles. The van der Waals surface area contributed by atoms with Crippen LogP contribution in [0.4, 0.5) is 0 Å². The Labute approximate surface area is 135 Å². The van der Waals surface area contributed by atoms with Gasteiger partial charge in [0.25, 0.3) is 0 Å². The molecule has 1 aliphatic heterocycles. The minimum atomic E-state index is 0.575. The van der Waals surface area contributed by atoms with Crippen LogP contribution in [0.25, 0.3) is 22.2 Å². The van der Waals surface area contributed by atoms with Crippen molar-refractivity contribution in [1.82, 2.24) is 25.4 Å². The van der Waals surface area contributed by atoms with Gasteiger partial charge in [-0.1, -0.05) is 24.3 Å². The number of rotatable bonds is 3. The minimum absolute atomic E-state index is 0.575. The van der Waals surface area contributed by atoms with E-state index in [4.69, 9.17) is 0 Å². The zero-order valence-corrected chi connectivity index (χ0v) is 13.3. The van der Waals surface area contributed by atoms with E-state index in [2.05, 4.69) is 56.6 Å². The Balaban J connectivity index is 1.55. The molecule has 0 spiro atoms. The third-order valence-corrected chi connectivity index (χ3v) is 4.46. The molecule has 0 saturated carbocycles. The van der Waals surface area contributed by atoms with Crippen LogP contribution in [-0.4, -0.2) is 45.8 Å². The molecule has 0 radical (unpaired) electrons. The molecule has 5 heteroatoms. The second-order valence-corrected chi connectivity index (χ2v) is 6.28. The minimum Gasteiger partial charge on any atom is -0.312 e. The lowest BCUT2D eigenvalue weighted by atomic mass is 10.1. The first-order valence-electron chi connectivity index (χ1n) is 8.13. The topological polar surface area (TPSA) is 56.8 Å². The summed E-state index contributed by atoms with van der Waals surface area (Å²) in [5.74, 6) is 0. The Morgan fingerprint density at radius 1 is 1.22 bits per heavy atom. The van der Waals surface area contributed by atoms with E-state index < -0.39 is 0 Å². The second-order valence-electron chi connectivity index (χ2n) is 6.28. The molecule has 5 nitrogen and oxygen atoms in total. The fourth-order valence-corrected chi connectivity index (χ4v) is 3.28. The van der Waals surface area contributed by atoms with E-state index in [1.54, 1.807) is 0 Å².